The number of carbonyl (C=O) groups is 4. The zero-order valence-corrected chi connectivity index (χ0v) is 12.1. The van der Waals surface area contributed by atoms with Crippen molar-refractivity contribution < 1.29 is 38.9 Å². The third kappa shape index (κ3) is 6.00. The van der Waals surface area contributed by atoms with Crippen LogP contribution < -0.4 is 0 Å². The van der Waals surface area contributed by atoms with Gasteiger partial charge in [0.05, 0.1) is 11.1 Å². The molecule has 0 bridgehead atoms. The molecule has 0 amide bonds. The van der Waals surface area contributed by atoms with Crippen molar-refractivity contribution in [3.05, 3.63) is 47.5 Å². The van der Waals surface area contributed by atoms with Crippen molar-refractivity contribution in [2.75, 3.05) is 6.61 Å². The van der Waals surface area contributed by atoms with Crippen LogP contribution in [0.5, 0.6) is 0 Å². The van der Waals surface area contributed by atoms with Gasteiger partial charge >= 0.3 is 23.9 Å². The van der Waals surface area contributed by atoms with E-state index in [0.717, 1.165) is 6.08 Å². The third-order valence-electron chi connectivity index (χ3n) is 2.51. The normalized spacial score (nSPS) is 11.7. The number of esters is 2. The van der Waals surface area contributed by atoms with E-state index in [1.165, 1.54) is 31.2 Å². The van der Waals surface area contributed by atoms with E-state index in [4.69, 9.17) is 14.9 Å². The second-order valence-electron chi connectivity index (χ2n) is 4.37. The molecule has 23 heavy (non-hydrogen) atoms. The Kier molecular flexibility index (Phi) is 6.47. The molecule has 0 heterocycles. The Balaban J connectivity index is 2.59. The smallest absolute Gasteiger partial charge is 0.339 e. The number of carbonyl (C=O) groups excluding carboxylic acids is 2. The summed E-state index contributed by atoms with van der Waals surface area (Å²) in [6, 6.07) is 5.53. The second-order valence-corrected chi connectivity index (χ2v) is 4.37. The second kappa shape index (κ2) is 8.32. The zero-order chi connectivity index (χ0) is 17.4. The van der Waals surface area contributed by atoms with E-state index in [9.17, 15) is 19.2 Å². The summed E-state index contributed by atoms with van der Waals surface area (Å²) in [4.78, 5) is 44.3. The Morgan fingerprint density at radius 3 is 2.26 bits per heavy atom. The van der Waals surface area contributed by atoms with Crippen LogP contribution in [0.4, 0.5) is 0 Å². The summed E-state index contributed by atoms with van der Waals surface area (Å²) in [7, 11) is 0. The predicted octanol–water partition coefficient (Wildman–Crippen LogP) is 1.11. The maximum absolute atomic E-state index is 11.9. The van der Waals surface area contributed by atoms with Crippen LogP contribution in [0, 0.1) is 0 Å². The standard InChI is InChI=1S/C15H14O8/c1-9(8-22-13(18)7-6-12(16)17)23-15(21)11-5-3-2-4-10(11)14(19)20/h2-7,9H,8H2,1H3,(H,16,17)(H,19,20)/b7-6+. The van der Waals surface area contributed by atoms with E-state index in [2.05, 4.69) is 4.74 Å². The highest BCUT2D eigenvalue weighted by atomic mass is 16.6. The summed E-state index contributed by atoms with van der Waals surface area (Å²) in [6.45, 7) is 1.14. The molecule has 1 unspecified atom stereocenters. The minimum atomic E-state index is -1.30. The van der Waals surface area contributed by atoms with Crippen molar-refractivity contribution in [2.24, 2.45) is 0 Å². The van der Waals surface area contributed by atoms with Crippen molar-refractivity contribution in [3.8, 4) is 0 Å². The van der Waals surface area contributed by atoms with Gasteiger partial charge in [-0.3, -0.25) is 0 Å². The Morgan fingerprint density at radius 1 is 1.09 bits per heavy atom. The number of aliphatic carboxylic acids is 1. The summed E-state index contributed by atoms with van der Waals surface area (Å²) < 4.78 is 9.67. The van der Waals surface area contributed by atoms with Gasteiger partial charge in [-0.15, -0.1) is 0 Å². The first kappa shape index (κ1) is 17.9. The molecule has 0 saturated carbocycles. The van der Waals surface area contributed by atoms with Crippen molar-refractivity contribution in [3.63, 3.8) is 0 Å². The third-order valence-corrected chi connectivity index (χ3v) is 2.51. The van der Waals surface area contributed by atoms with Crippen LogP contribution in [0.25, 0.3) is 0 Å². The SMILES string of the molecule is CC(COC(=O)/C=C/C(=O)O)OC(=O)c1ccccc1C(=O)O. The number of ether oxygens (including phenoxy) is 2. The van der Waals surface area contributed by atoms with Gasteiger partial charge in [-0.1, -0.05) is 12.1 Å². The molecule has 0 fully saturated rings. The molecule has 0 radical (unpaired) electrons. The Hall–Kier alpha value is -3.16. The molecule has 0 aromatic heterocycles. The van der Waals surface area contributed by atoms with Gasteiger partial charge in [-0.25, -0.2) is 19.2 Å². The molecule has 122 valence electrons. The van der Waals surface area contributed by atoms with Crippen molar-refractivity contribution >= 4 is 23.9 Å². The van der Waals surface area contributed by atoms with Gasteiger partial charge < -0.3 is 19.7 Å². The van der Waals surface area contributed by atoms with Crippen LogP contribution >= 0.6 is 0 Å². The number of rotatable bonds is 7. The molecule has 0 aliphatic heterocycles. The average molecular weight is 322 g/mol. The minimum Gasteiger partial charge on any atom is -0.478 e. The molecule has 0 aliphatic rings. The number of aromatic carboxylic acids is 1. The average Bonchev–Trinajstić information content (AvgIpc) is 2.50. The topological polar surface area (TPSA) is 127 Å². The highest BCUT2D eigenvalue weighted by Gasteiger charge is 2.19. The van der Waals surface area contributed by atoms with Gasteiger partial charge in [0, 0.05) is 12.2 Å². The quantitative estimate of drug-likeness (QED) is 0.564. The number of hydrogen-bond donors (Lipinski definition) is 2. The first-order valence-electron chi connectivity index (χ1n) is 6.42. The monoisotopic (exact) mass is 322 g/mol. The number of carboxylic acid groups (broad SMARTS) is 2. The molecule has 0 aliphatic carbocycles. The van der Waals surface area contributed by atoms with Crippen LogP contribution in [0.3, 0.4) is 0 Å². The van der Waals surface area contributed by atoms with E-state index in [1.54, 1.807) is 0 Å². The molecular formula is C15H14O8. The largest absolute Gasteiger partial charge is 0.478 e. The molecule has 8 nitrogen and oxygen atoms in total. The van der Waals surface area contributed by atoms with Gasteiger partial charge in [0.15, 0.2) is 0 Å². The van der Waals surface area contributed by atoms with E-state index in [-0.39, 0.29) is 17.7 Å². The summed E-state index contributed by atoms with van der Waals surface area (Å²) >= 11 is 0. The van der Waals surface area contributed by atoms with E-state index in [1.807, 2.05) is 0 Å². The van der Waals surface area contributed by atoms with Crippen molar-refractivity contribution in [1.82, 2.24) is 0 Å². The lowest BCUT2D eigenvalue weighted by Crippen LogP contribution is -2.23. The Bertz CT molecular complexity index is 647. The fraction of sp³-hybridized carbons (Fsp3) is 0.200. The maximum Gasteiger partial charge on any atom is 0.339 e. The van der Waals surface area contributed by atoms with E-state index in [0.29, 0.717) is 6.08 Å². The van der Waals surface area contributed by atoms with Crippen LogP contribution in [0.2, 0.25) is 0 Å². The zero-order valence-electron chi connectivity index (χ0n) is 12.1. The summed E-state index contributed by atoms with van der Waals surface area (Å²) in [6.07, 6.45) is 0.491. The van der Waals surface area contributed by atoms with Crippen LogP contribution in [0.15, 0.2) is 36.4 Å². The minimum absolute atomic E-state index is 0.121. The number of benzene rings is 1. The molecular weight excluding hydrogens is 308 g/mol. The fourth-order valence-electron chi connectivity index (χ4n) is 1.51. The lowest BCUT2D eigenvalue weighted by Gasteiger charge is -2.13. The highest BCUT2D eigenvalue weighted by Crippen LogP contribution is 2.11. The van der Waals surface area contributed by atoms with Gasteiger partial charge in [0.2, 0.25) is 0 Å². The molecule has 1 aromatic carbocycles. The molecule has 1 aromatic rings. The highest BCUT2D eigenvalue weighted by molar-refractivity contribution is 6.02. The van der Waals surface area contributed by atoms with E-state index >= 15 is 0 Å². The predicted molar refractivity (Wildman–Crippen MR) is 76.0 cm³/mol. The molecule has 2 N–H and O–H groups in total. The van der Waals surface area contributed by atoms with Gasteiger partial charge in [0.25, 0.3) is 0 Å². The van der Waals surface area contributed by atoms with Crippen molar-refractivity contribution in [1.29, 1.82) is 0 Å². The first-order chi connectivity index (χ1) is 10.8. The Labute approximate surface area is 130 Å². The maximum atomic E-state index is 11.9. The molecule has 0 spiro atoms. The van der Waals surface area contributed by atoms with Gasteiger partial charge in [-0.05, 0) is 19.1 Å². The van der Waals surface area contributed by atoms with Crippen LogP contribution in [-0.2, 0) is 19.1 Å². The molecule has 8 heteroatoms. The fourth-order valence-corrected chi connectivity index (χ4v) is 1.51. The van der Waals surface area contributed by atoms with Crippen molar-refractivity contribution in [2.45, 2.75) is 13.0 Å². The van der Waals surface area contributed by atoms with Crippen LogP contribution in [0.1, 0.15) is 27.6 Å². The number of carboxylic acids is 2. The van der Waals surface area contributed by atoms with Crippen LogP contribution in [-0.4, -0.2) is 46.8 Å². The summed E-state index contributed by atoms with van der Waals surface area (Å²) in [5, 5.41) is 17.3. The molecule has 0 saturated heterocycles. The lowest BCUT2D eigenvalue weighted by molar-refractivity contribution is -0.141. The number of hydrogen-bond acceptors (Lipinski definition) is 6. The van der Waals surface area contributed by atoms with Gasteiger partial charge in [0.1, 0.15) is 12.7 Å². The summed E-state index contributed by atoms with van der Waals surface area (Å²) in [5.74, 6) is -4.34. The summed E-state index contributed by atoms with van der Waals surface area (Å²) in [5.41, 5.74) is -0.324. The van der Waals surface area contributed by atoms with E-state index < -0.39 is 30.0 Å². The lowest BCUT2D eigenvalue weighted by atomic mass is 10.1. The van der Waals surface area contributed by atoms with Gasteiger partial charge in [-0.2, -0.15) is 0 Å². The first-order valence-corrected chi connectivity index (χ1v) is 6.42. The molecule has 1 rings (SSSR count). The molecule has 1 atom stereocenters. The Morgan fingerprint density at radius 2 is 1.70 bits per heavy atom.